The van der Waals surface area contributed by atoms with Gasteiger partial charge in [-0.3, -0.25) is 19.2 Å². The van der Waals surface area contributed by atoms with Crippen LogP contribution >= 0.6 is 0 Å². The molecule has 0 saturated carbocycles. The summed E-state index contributed by atoms with van der Waals surface area (Å²) >= 11 is 0. The molecule has 156 valence electrons. The van der Waals surface area contributed by atoms with Crippen LogP contribution in [0, 0.1) is 12.7 Å². The fourth-order valence-corrected chi connectivity index (χ4v) is 4.27. The highest BCUT2D eigenvalue weighted by atomic mass is 19.1. The Labute approximate surface area is 172 Å². The average Bonchev–Trinajstić information content (AvgIpc) is 2.96. The zero-order valence-electron chi connectivity index (χ0n) is 16.8. The summed E-state index contributed by atoms with van der Waals surface area (Å²) in [5.74, 6) is -3.57. The number of carbonyl (C=O) groups excluding carboxylic acids is 3. The van der Waals surface area contributed by atoms with Gasteiger partial charge in [-0.2, -0.15) is 0 Å². The van der Waals surface area contributed by atoms with Crippen LogP contribution in [0.3, 0.4) is 0 Å². The van der Waals surface area contributed by atoms with Crippen molar-refractivity contribution in [2.75, 3.05) is 25.0 Å². The molecule has 1 saturated heterocycles. The molecule has 0 bridgehead atoms. The first-order valence-corrected chi connectivity index (χ1v) is 9.94. The zero-order chi connectivity index (χ0) is 21.6. The summed E-state index contributed by atoms with van der Waals surface area (Å²) in [7, 11) is 1.51. The molecule has 2 aliphatic heterocycles. The molecule has 1 N–H and O–H groups in total. The summed E-state index contributed by atoms with van der Waals surface area (Å²) < 4.78 is 13.9. The number of benzene rings is 1. The number of piperidine rings is 1. The number of aromatic nitrogens is 1. The van der Waals surface area contributed by atoms with E-state index in [0.717, 1.165) is 25.3 Å². The number of anilines is 1. The standard InChI is InChI=1S/C22H22FN3O4/c1-12-10-15(18(20(28)24-12)22(30)26-8-4-3-5-9-26)19(27)17-14-11-13(23)6-7-16(14)25(2)21(17)29/h6-7,10-11,17H,3-5,8-9H2,1-2H3,(H,24,28). The van der Waals surface area contributed by atoms with E-state index in [9.17, 15) is 23.6 Å². The summed E-state index contributed by atoms with van der Waals surface area (Å²) in [6.07, 6.45) is 2.67. The van der Waals surface area contributed by atoms with Gasteiger partial charge < -0.3 is 14.8 Å². The largest absolute Gasteiger partial charge is 0.338 e. The van der Waals surface area contributed by atoms with Gasteiger partial charge in [-0.15, -0.1) is 0 Å². The number of aryl methyl sites for hydroxylation is 1. The molecule has 2 aromatic rings. The van der Waals surface area contributed by atoms with Crippen molar-refractivity contribution in [2.24, 2.45) is 0 Å². The number of likely N-dealkylation sites (N-methyl/N-ethyl adjacent to an activating group) is 1. The van der Waals surface area contributed by atoms with Crippen molar-refractivity contribution in [3.8, 4) is 0 Å². The molecular formula is C22H22FN3O4. The van der Waals surface area contributed by atoms with Gasteiger partial charge in [0, 0.05) is 37.1 Å². The number of amides is 2. The second kappa shape index (κ2) is 7.51. The van der Waals surface area contributed by atoms with Crippen LogP contribution in [-0.4, -0.2) is 47.6 Å². The van der Waals surface area contributed by atoms with Gasteiger partial charge in [-0.25, -0.2) is 4.39 Å². The highest BCUT2D eigenvalue weighted by Gasteiger charge is 2.42. The summed E-state index contributed by atoms with van der Waals surface area (Å²) in [5, 5.41) is 0. The van der Waals surface area contributed by atoms with E-state index in [4.69, 9.17) is 0 Å². The van der Waals surface area contributed by atoms with Gasteiger partial charge in [-0.05, 0) is 56.0 Å². The van der Waals surface area contributed by atoms with E-state index >= 15 is 0 Å². The average molecular weight is 411 g/mol. The number of likely N-dealkylation sites (tertiary alicyclic amines) is 1. The SMILES string of the molecule is Cc1cc(C(=O)C2C(=O)N(C)c3ccc(F)cc32)c(C(=O)N2CCCCC2)c(=O)[nH]1. The number of pyridine rings is 1. The molecular weight excluding hydrogens is 389 g/mol. The first-order valence-electron chi connectivity index (χ1n) is 9.94. The molecule has 30 heavy (non-hydrogen) atoms. The number of hydrogen-bond acceptors (Lipinski definition) is 4. The van der Waals surface area contributed by atoms with Gasteiger partial charge >= 0.3 is 0 Å². The molecule has 0 spiro atoms. The van der Waals surface area contributed by atoms with Crippen LogP contribution in [0.5, 0.6) is 0 Å². The topological polar surface area (TPSA) is 90.6 Å². The summed E-state index contributed by atoms with van der Waals surface area (Å²) in [6, 6.07) is 5.24. The van der Waals surface area contributed by atoms with Crippen LogP contribution in [0.4, 0.5) is 10.1 Å². The number of rotatable bonds is 3. The Morgan fingerprint density at radius 1 is 1.10 bits per heavy atom. The molecule has 4 rings (SSSR count). The number of aromatic amines is 1. The van der Waals surface area contributed by atoms with Gasteiger partial charge in [0.1, 0.15) is 17.3 Å². The Bertz CT molecular complexity index is 1120. The summed E-state index contributed by atoms with van der Waals surface area (Å²) in [5.41, 5.74) is 0.0551. The Hall–Kier alpha value is -3.29. The van der Waals surface area contributed by atoms with Gasteiger partial charge in [0.25, 0.3) is 11.5 Å². The maximum absolute atomic E-state index is 13.9. The number of carbonyl (C=O) groups is 3. The lowest BCUT2D eigenvalue weighted by atomic mass is 9.89. The normalized spacial score (nSPS) is 18.5. The fourth-order valence-electron chi connectivity index (χ4n) is 4.27. The minimum atomic E-state index is -1.30. The second-order valence-corrected chi connectivity index (χ2v) is 7.82. The fraction of sp³-hybridized carbons (Fsp3) is 0.364. The third-order valence-corrected chi connectivity index (χ3v) is 5.79. The van der Waals surface area contributed by atoms with Crippen LogP contribution in [0.2, 0.25) is 0 Å². The first kappa shape index (κ1) is 20.0. The molecule has 1 unspecified atom stereocenters. The molecule has 3 heterocycles. The molecule has 1 atom stereocenters. The van der Waals surface area contributed by atoms with E-state index in [2.05, 4.69) is 4.98 Å². The minimum Gasteiger partial charge on any atom is -0.338 e. The molecule has 0 aliphatic carbocycles. The third-order valence-electron chi connectivity index (χ3n) is 5.79. The number of ketones is 1. The Balaban J connectivity index is 1.82. The highest BCUT2D eigenvalue weighted by molar-refractivity contribution is 6.24. The lowest BCUT2D eigenvalue weighted by Crippen LogP contribution is -2.40. The smallest absolute Gasteiger partial charge is 0.261 e. The van der Waals surface area contributed by atoms with Crippen molar-refractivity contribution in [1.29, 1.82) is 0 Å². The Morgan fingerprint density at radius 3 is 2.50 bits per heavy atom. The zero-order valence-corrected chi connectivity index (χ0v) is 16.8. The van der Waals surface area contributed by atoms with Crippen LogP contribution in [0.15, 0.2) is 29.1 Å². The molecule has 1 aromatic carbocycles. The second-order valence-electron chi connectivity index (χ2n) is 7.82. The first-order chi connectivity index (χ1) is 14.3. The van der Waals surface area contributed by atoms with Gasteiger partial charge in [0.05, 0.1) is 0 Å². The number of H-pyrrole nitrogens is 1. The minimum absolute atomic E-state index is 0.101. The van der Waals surface area contributed by atoms with E-state index in [1.807, 2.05) is 0 Å². The number of hydrogen-bond donors (Lipinski definition) is 1. The lowest BCUT2D eigenvalue weighted by Gasteiger charge is -2.27. The van der Waals surface area contributed by atoms with Crippen molar-refractivity contribution >= 4 is 23.3 Å². The van der Waals surface area contributed by atoms with E-state index in [1.165, 1.54) is 30.1 Å². The number of nitrogens with zero attached hydrogens (tertiary/aromatic N) is 2. The number of fused-ring (bicyclic) bond motifs is 1. The maximum Gasteiger partial charge on any atom is 0.261 e. The monoisotopic (exact) mass is 411 g/mol. The van der Waals surface area contributed by atoms with Crippen LogP contribution in [0.25, 0.3) is 0 Å². The molecule has 2 amide bonds. The predicted octanol–water partition coefficient (Wildman–Crippen LogP) is 2.39. The lowest BCUT2D eigenvalue weighted by molar-refractivity contribution is -0.118. The summed E-state index contributed by atoms with van der Waals surface area (Å²) in [6.45, 7) is 2.63. The maximum atomic E-state index is 13.9. The van der Waals surface area contributed by atoms with E-state index < -0.39 is 34.9 Å². The van der Waals surface area contributed by atoms with E-state index in [-0.39, 0.29) is 16.7 Å². The van der Waals surface area contributed by atoms with E-state index in [0.29, 0.717) is 24.5 Å². The van der Waals surface area contributed by atoms with E-state index in [1.54, 1.807) is 11.8 Å². The van der Waals surface area contributed by atoms with Crippen molar-refractivity contribution in [3.05, 3.63) is 62.8 Å². The van der Waals surface area contributed by atoms with Crippen molar-refractivity contribution in [1.82, 2.24) is 9.88 Å². The number of halogens is 1. The predicted molar refractivity (Wildman–Crippen MR) is 108 cm³/mol. The van der Waals surface area contributed by atoms with Crippen molar-refractivity contribution < 1.29 is 18.8 Å². The van der Waals surface area contributed by atoms with Crippen LogP contribution in [0.1, 0.15) is 57.2 Å². The third kappa shape index (κ3) is 3.22. The Morgan fingerprint density at radius 2 is 1.80 bits per heavy atom. The summed E-state index contributed by atoms with van der Waals surface area (Å²) in [4.78, 5) is 57.6. The highest BCUT2D eigenvalue weighted by Crippen LogP contribution is 2.39. The van der Waals surface area contributed by atoms with Crippen LogP contribution in [-0.2, 0) is 4.79 Å². The van der Waals surface area contributed by atoms with Gasteiger partial charge in [0.2, 0.25) is 5.91 Å². The Kier molecular flexibility index (Phi) is 5.01. The van der Waals surface area contributed by atoms with Crippen molar-refractivity contribution in [3.63, 3.8) is 0 Å². The molecule has 0 radical (unpaired) electrons. The van der Waals surface area contributed by atoms with Crippen LogP contribution < -0.4 is 10.5 Å². The molecule has 1 aromatic heterocycles. The van der Waals surface area contributed by atoms with Gasteiger partial charge in [0.15, 0.2) is 5.78 Å². The van der Waals surface area contributed by atoms with Crippen molar-refractivity contribution in [2.45, 2.75) is 32.1 Å². The quantitative estimate of drug-likeness (QED) is 0.620. The molecule has 2 aliphatic rings. The molecule has 1 fully saturated rings. The number of nitrogens with one attached hydrogen (secondary N) is 1. The molecule has 8 heteroatoms. The number of Topliss-reactive ketones (excluding diaryl/α,β-unsaturated/α-hetero) is 1. The molecule has 7 nitrogen and oxygen atoms in total. The van der Waals surface area contributed by atoms with Gasteiger partial charge in [-0.1, -0.05) is 0 Å².